The molecule has 0 atom stereocenters. The number of nitrogens with zero attached hydrogens (tertiary/aromatic N) is 1. The molecule has 0 unspecified atom stereocenters. The number of carbonyl (C=O) groups excluding carboxylic acids is 1. The molecule has 26 heavy (non-hydrogen) atoms. The molecule has 1 amide bonds. The van der Waals surface area contributed by atoms with Gasteiger partial charge in [0.05, 0.1) is 29.8 Å². The second-order valence-electron chi connectivity index (χ2n) is 6.37. The van der Waals surface area contributed by atoms with Gasteiger partial charge in [0.15, 0.2) is 0 Å². The molecular formula is C18H17ClN2O4S. The van der Waals surface area contributed by atoms with Crippen LogP contribution in [0.25, 0.3) is 0 Å². The summed E-state index contributed by atoms with van der Waals surface area (Å²) >= 11 is 5.98. The van der Waals surface area contributed by atoms with Gasteiger partial charge in [0.1, 0.15) is 5.75 Å². The summed E-state index contributed by atoms with van der Waals surface area (Å²) in [6.45, 7) is 0.697. The predicted molar refractivity (Wildman–Crippen MR) is 99.6 cm³/mol. The van der Waals surface area contributed by atoms with E-state index in [1.165, 1.54) is 13.2 Å². The zero-order chi connectivity index (χ0) is 18.5. The minimum Gasteiger partial charge on any atom is -0.495 e. The molecule has 2 heterocycles. The Kier molecular flexibility index (Phi) is 4.08. The van der Waals surface area contributed by atoms with Gasteiger partial charge in [-0.15, -0.1) is 0 Å². The highest BCUT2D eigenvalue weighted by molar-refractivity contribution is 7.92. The first-order valence-corrected chi connectivity index (χ1v) is 10.1. The summed E-state index contributed by atoms with van der Waals surface area (Å²) < 4.78 is 33.6. The van der Waals surface area contributed by atoms with E-state index in [0.717, 1.165) is 29.7 Å². The molecule has 4 rings (SSSR count). The number of aryl methyl sites for hydroxylation is 1. The second kappa shape index (κ2) is 6.17. The van der Waals surface area contributed by atoms with Gasteiger partial charge in [-0.3, -0.25) is 9.52 Å². The van der Waals surface area contributed by atoms with E-state index in [-0.39, 0.29) is 22.9 Å². The highest BCUT2D eigenvalue weighted by Crippen LogP contribution is 2.39. The Balaban J connectivity index is 1.75. The summed E-state index contributed by atoms with van der Waals surface area (Å²) in [4.78, 5) is 14.1. The summed E-state index contributed by atoms with van der Waals surface area (Å²) in [6.07, 6.45) is 1.83. The number of hydrogen-bond donors (Lipinski definition) is 1. The third kappa shape index (κ3) is 2.81. The van der Waals surface area contributed by atoms with Crippen molar-refractivity contribution in [2.24, 2.45) is 0 Å². The number of rotatable bonds is 4. The molecule has 0 aromatic heterocycles. The average Bonchev–Trinajstić information content (AvgIpc) is 2.92. The van der Waals surface area contributed by atoms with Crippen molar-refractivity contribution in [3.05, 3.63) is 46.5 Å². The molecule has 136 valence electrons. The fraction of sp³-hybridized carbons (Fsp3) is 0.278. The Labute approximate surface area is 156 Å². The van der Waals surface area contributed by atoms with Gasteiger partial charge in [-0.05, 0) is 54.3 Å². The van der Waals surface area contributed by atoms with E-state index in [1.54, 1.807) is 29.2 Å². The second-order valence-corrected chi connectivity index (χ2v) is 8.48. The van der Waals surface area contributed by atoms with Crippen LogP contribution in [0.5, 0.6) is 5.75 Å². The van der Waals surface area contributed by atoms with Crippen LogP contribution in [-0.2, 0) is 27.7 Å². The first kappa shape index (κ1) is 17.2. The first-order chi connectivity index (χ1) is 12.4. The number of benzene rings is 2. The normalized spacial score (nSPS) is 15.8. The van der Waals surface area contributed by atoms with Crippen molar-refractivity contribution in [1.29, 1.82) is 0 Å². The zero-order valence-electron chi connectivity index (χ0n) is 14.1. The van der Waals surface area contributed by atoms with Gasteiger partial charge in [-0.2, -0.15) is 0 Å². The molecule has 0 fully saturated rings. The van der Waals surface area contributed by atoms with Crippen molar-refractivity contribution in [1.82, 2.24) is 0 Å². The Morgan fingerprint density at radius 2 is 1.96 bits per heavy atom. The van der Waals surface area contributed by atoms with E-state index in [4.69, 9.17) is 16.3 Å². The Hall–Kier alpha value is -2.25. The predicted octanol–water partition coefficient (Wildman–Crippen LogP) is 2.98. The van der Waals surface area contributed by atoms with E-state index in [0.29, 0.717) is 17.3 Å². The number of hydrogen-bond acceptors (Lipinski definition) is 4. The van der Waals surface area contributed by atoms with E-state index in [9.17, 15) is 13.2 Å². The van der Waals surface area contributed by atoms with Crippen LogP contribution in [0.2, 0.25) is 5.02 Å². The number of amides is 1. The highest BCUT2D eigenvalue weighted by Gasteiger charge is 2.33. The number of carbonyl (C=O) groups is 1. The molecule has 2 aliphatic heterocycles. The van der Waals surface area contributed by atoms with Crippen molar-refractivity contribution < 1.29 is 17.9 Å². The molecule has 2 aliphatic rings. The van der Waals surface area contributed by atoms with Gasteiger partial charge in [0.25, 0.3) is 10.0 Å². The lowest BCUT2D eigenvalue weighted by Crippen LogP contribution is -2.31. The lowest BCUT2D eigenvalue weighted by molar-refractivity contribution is -0.117. The number of ether oxygens (including phenoxy) is 1. The van der Waals surface area contributed by atoms with Crippen LogP contribution in [0.4, 0.5) is 11.4 Å². The largest absolute Gasteiger partial charge is 0.495 e. The number of methoxy groups -OCH3 is 1. The van der Waals surface area contributed by atoms with E-state index in [2.05, 4.69) is 4.72 Å². The van der Waals surface area contributed by atoms with Crippen molar-refractivity contribution in [2.45, 2.75) is 24.2 Å². The topological polar surface area (TPSA) is 75.7 Å². The van der Waals surface area contributed by atoms with E-state index >= 15 is 0 Å². The summed E-state index contributed by atoms with van der Waals surface area (Å²) in [6, 6.07) is 7.96. The van der Waals surface area contributed by atoms with Crippen molar-refractivity contribution >= 4 is 38.9 Å². The quantitative estimate of drug-likeness (QED) is 0.867. The standard InChI is InChI=1S/C18H17ClN2O4S/c1-25-16-5-4-13(19)10-15(16)20-26(23,24)14-7-11-3-2-6-21-17(22)9-12(8-14)18(11)21/h4-5,7-8,10,20H,2-3,6,9H2,1H3. The summed E-state index contributed by atoms with van der Waals surface area (Å²) in [5.74, 6) is 0.404. The highest BCUT2D eigenvalue weighted by atomic mass is 35.5. The Morgan fingerprint density at radius 3 is 2.73 bits per heavy atom. The average molecular weight is 393 g/mol. The van der Waals surface area contributed by atoms with Crippen LogP contribution in [0.1, 0.15) is 17.5 Å². The molecule has 0 radical (unpaired) electrons. The van der Waals surface area contributed by atoms with Gasteiger partial charge in [-0.25, -0.2) is 8.42 Å². The number of nitrogens with one attached hydrogen (secondary N) is 1. The van der Waals surface area contributed by atoms with E-state index < -0.39 is 10.0 Å². The fourth-order valence-corrected chi connectivity index (χ4v) is 4.90. The third-order valence-electron chi connectivity index (χ3n) is 4.70. The molecule has 2 aromatic rings. The lowest BCUT2D eigenvalue weighted by Gasteiger charge is -2.26. The van der Waals surface area contributed by atoms with Gasteiger partial charge in [-0.1, -0.05) is 11.6 Å². The number of halogens is 1. The fourth-order valence-electron chi connectivity index (χ4n) is 3.57. The van der Waals surface area contributed by atoms with Crippen LogP contribution in [-0.4, -0.2) is 28.0 Å². The summed E-state index contributed by atoms with van der Waals surface area (Å²) in [7, 11) is -2.39. The molecule has 0 saturated carbocycles. The van der Waals surface area contributed by atoms with Crippen molar-refractivity contribution in [3.63, 3.8) is 0 Å². The number of anilines is 2. The molecule has 0 saturated heterocycles. The molecule has 8 heteroatoms. The zero-order valence-corrected chi connectivity index (χ0v) is 15.7. The maximum atomic E-state index is 12.9. The molecule has 1 N–H and O–H groups in total. The van der Waals surface area contributed by atoms with Crippen LogP contribution < -0.4 is 14.4 Å². The van der Waals surface area contributed by atoms with Gasteiger partial charge in [0, 0.05) is 11.6 Å². The van der Waals surface area contributed by atoms with Crippen LogP contribution >= 0.6 is 11.6 Å². The van der Waals surface area contributed by atoms with Gasteiger partial charge >= 0.3 is 0 Å². The molecule has 0 bridgehead atoms. The van der Waals surface area contributed by atoms with Gasteiger partial charge < -0.3 is 9.64 Å². The molecule has 2 aromatic carbocycles. The molecule has 0 spiro atoms. The van der Waals surface area contributed by atoms with Gasteiger partial charge in [0.2, 0.25) is 5.91 Å². The summed E-state index contributed by atoms with van der Waals surface area (Å²) in [5, 5.41) is 0.397. The van der Waals surface area contributed by atoms with Crippen molar-refractivity contribution in [3.8, 4) is 5.75 Å². The monoisotopic (exact) mass is 392 g/mol. The van der Waals surface area contributed by atoms with Crippen LogP contribution in [0.15, 0.2) is 35.2 Å². The lowest BCUT2D eigenvalue weighted by atomic mass is 10.0. The maximum Gasteiger partial charge on any atom is 0.262 e. The minimum absolute atomic E-state index is 0.0277. The molecule has 0 aliphatic carbocycles. The van der Waals surface area contributed by atoms with Crippen LogP contribution in [0, 0.1) is 0 Å². The van der Waals surface area contributed by atoms with E-state index in [1.807, 2.05) is 0 Å². The Bertz CT molecular complexity index is 1020. The van der Waals surface area contributed by atoms with Crippen LogP contribution in [0.3, 0.4) is 0 Å². The first-order valence-electron chi connectivity index (χ1n) is 8.21. The van der Waals surface area contributed by atoms with Crippen molar-refractivity contribution in [2.75, 3.05) is 23.3 Å². The summed E-state index contributed by atoms with van der Waals surface area (Å²) in [5.41, 5.74) is 2.83. The Morgan fingerprint density at radius 1 is 1.19 bits per heavy atom. The number of sulfonamides is 1. The molecule has 6 nitrogen and oxygen atoms in total. The third-order valence-corrected chi connectivity index (χ3v) is 6.28. The smallest absolute Gasteiger partial charge is 0.262 e. The maximum absolute atomic E-state index is 12.9. The molecular weight excluding hydrogens is 376 g/mol. The SMILES string of the molecule is COc1ccc(Cl)cc1NS(=O)(=O)c1cc2c3c(c1)CC(=O)N3CCC2. The minimum atomic E-state index is -3.85.